The number of aliphatic carboxylic acids is 1. The average Bonchev–Trinajstić information content (AvgIpc) is 2.93. The Morgan fingerprint density at radius 1 is 0.974 bits per heavy atom. The van der Waals surface area contributed by atoms with Crippen molar-refractivity contribution in [3.05, 3.63) is 112 Å². The maximum atomic E-state index is 12.3. The molecular weight excluding hydrogens is 534 g/mol. The van der Waals surface area contributed by atoms with Gasteiger partial charge in [-0.15, -0.1) is 0 Å². The van der Waals surface area contributed by atoms with E-state index in [0.717, 1.165) is 47.0 Å². The second-order valence-electron chi connectivity index (χ2n) is 9.12. The first-order chi connectivity index (χ1) is 18.9. The summed E-state index contributed by atoms with van der Waals surface area (Å²) in [6.45, 7) is 0. The van der Waals surface area contributed by atoms with Gasteiger partial charge in [-0.3, -0.25) is 14.7 Å². The lowest BCUT2D eigenvalue weighted by molar-refractivity contribution is -0.216. The summed E-state index contributed by atoms with van der Waals surface area (Å²) in [7, 11) is 1.30. The fourth-order valence-corrected chi connectivity index (χ4v) is 5.84. The summed E-state index contributed by atoms with van der Waals surface area (Å²) in [5.41, 5.74) is 5.54. The third-order valence-corrected chi connectivity index (χ3v) is 8.00. The SMILES string of the molecule is COOC(=O)c1ccccc1CCC(SCCC(=O)O)c1cccc(CCc2ccc3ccc(Cl)cc3n2)c1. The molecule has 8 heteroatoms. The molecule has 1 unspecified atom stereocenters. The molecule has 0 aliphatic heterocycles. The van der Waals surface area contributed by atoms with Crippen molar-refractivity contribution < 1.29 is 24.5 Å². The van der Waals surface area contributed by atoms with Crippen LogP contribution in [0.3, 0.4) is 0 Å². The second-order valence-corrected chi connectivity index (χ2v) is 10.9. The van der Waals surface area contributed by atoms with Gasteiger partial charge in [0.15, 0.2) is 0 Å². The van der Waals surface area contributed by atoms with Crippen molar-refractivity contribution in [3.63, 3.8) is 0 Å². The number of aromatic nitrogens is 1. The summed E-state index contributed by atoms with van der Waals surface area (Å²) in [5.74, 6) is -0.845. The van der Waals surface area contributed by atoms with E-state index in [-0.39, 0.29) is 11.7 Å². The topological polar surface area (TPSA) is 85.7 Å². The number of halogens is 1. The Labute approximate surface area is 237 Å². The third kappa shape index (κ3) is 8.30. The van der Waals surface area contributed by atoms with Crippen molar-refractivity contribution in [2.45, 2.75) is 37.4 Å². The van der Waals surface area contributed by atoms with Crippen LogP contribution in [-0.2, 0) is 33.8 Å². The monoisotopic (exact) mass is 563 g/mol. The summed E-state index contributed by atoms with van der Waals surface area (Å²) in [6.07, 6.45) is 3.07. The van der Waals surface area contributed by atoms with Gasteiger partial charge >= 0.3 is 11.9 Å². The minimum absolute atomic E-state index is 0.0664. The zero-order valence-electron chi connectivity index (χ0n) is 21.6. The van der Waals surface area contributed by atoms with E-state index in [2.05, 4.69) is 35.2 Å². The van der Waals surface area contributed by atoms with Gasteiger partial charge in [-0.2, -0.15) is 16.6 Å². The van der Waals surface area contributed by atoms with Crippen LogP contribution < -0.4 is 0 Å². The Morgan fingerprint density at radius 3 is 2.62 bits per heavy atom. The molecule has 4 rings (SSSR count). The Hall–Kier alpha value is -3.39. The van der Waals surface area contributed by atoms with Gasteiger partial charge in [0, 0.05) is 27.1 Å². The van der Waals surface area contributed by atoms with Crippen molar-refractivity contribution in [2.24, 2.45) is 0 Å². The number of carboxylic acid groups (broad SMARTS) is 1. The number of carboxylic acids is 1. The Morgan fingerprint density at radius 2 is 1.79 bits per heavy atom. The van der Waals surface area contributed by atoms with E-state index in [4.69, 9.17) is 26.6 Å². The highest BCUT2D eigenvalue weighted by Gasteiger charge is 2.18. The van der Waals surface area contributed by atoms with Gasteiger partial charge in [-0.1, -0.05) is 66.2 Å². The van der Waals surface area contributed by atoms with Crippen LogP contribution in [0.2, 0.25) is 5.02 Å². The van der Waals surface area contributed by atoms with E-state index in [0.29, 0.717) is 22.8 Å². The van der Waals surface area contributed by atoms with Crippen LogP contribution in [0.1, 0.15) is 50.8 Å². The highest BCUT2D eigenvalue weighted by Crippen LogP contribution is 2.35. The number of hydrogen-bond acceptors (Lipinski definition) is 6. The molecule has 0 saturated heterocycles. The number of pyridine rings is 1. The molecule has 39 heavy (non-hydrogen) atoms. The minimum Gasteiger partial charge on any atom is -0.481 e. The highest BCUT2D eigenvalue weighted by atomic mass is 35.5. The van der Waals surface area contributed by atoms with Crippen LogP contribution in [0.15, 0.2) is 78.9 Å². The molecule has 0 aliphatic carbocycles. The van der Waals surface area contributed by atoms with Gasteiger partial charge < -0.3 is 5.11 Å². The van der Waals surface area contributed by atoms with Crippen LogP contribution in [0.4, 0.5) is 0 Å². The number of thioether (sulfide) groups is 1. The normalized spacial score (nSPS) is 11.8. The van der Waals surface area contributed by atoms with E-state index < -0.39 is 11.9 Å². The van der Waals surface area contributed by atoms with Gasteiger partial charge in [-0.25, -0.2) is 4.79 Å². The molecule has 0 bridgehead atoms. The summed E-state index contributed by atoms with van der Waals surface area (Å²) in [4.78, 5) is 37.6. The van der Waals surface area contributed by atoms with E-state index in [9.17, 15) is 9.59 Å². The van der Waals surface area contributed by atoms with Crippen molar-refractivity contribution in [1.82, 2.24) is 4.98 Å². The summed E-state index contributed by atoms with van der Waals surface area (Å²) < 4.78 is 0. The molecule has 0 saturated carbocycles. The first-order valence-electron chi connectivity index (χ1n) is 12.7. The summed E-state index contributed by atoms with van der Waals surface area (Å²) >= 11 is 7.77. The number of carbonyl (C=O) groups excluding carboxylic acids is 1. The van der Waals surface area contributed by atoms with Gasteiger partial charge in [0.2, 0.25) is 0 Å². The molecule has 1 aromatic heterocycles. The Balaban J connectivity index is 1.48. The highest BCUT2D eigenvalue weighted by molar-refractivity contribution is 7.99. The molecule has 0 spiro atoms. The number of carbonyl (C=O) groups is 2. The van der Waals surface area contributed by atoms with E-state index >= 15 is 0 Å². The van der Waals surface area contributed by atoms with Crippen LogP contribution in [0.5, 0.6) is 0 Å². The molecule has 202 valence electrons. The van der Waals surface area contributed by atoms with Crippen LogP contribution >= 0.6 is 23.4 Å². The maximum absolute atomic E-state index is 12.3. The van der Waals surface area contributed by atoms with Crippen molar-refractivity contribution in [3.8, 4) is 0 Å². The van der Waals surface area contributed by atoms with Gasteiger partial charge in [0.25, 0.3) is 0 Å². The van der Waals surface area contributed by atoms with E-state index in [1.54, 1.807) is 23.9 Å². The summed E-state index contributed by atoms with van der Waals surface area (Å²) in [6, 6.07) is 25.6. The quantitative estimate of drug-likeness (QED) is 0.135. The first-order valence-corrected chi connectivity index (χ1v) is 14.2. The molecule has 1 N–H and O–H groups in total. The average molecular weight is 564 g/mol. The van der Waals surface area contributed by atoms with Gasteiger partial charge in [0.1, 0.15) is 0 Å². The number of aryl methyl sites for hydroxylation is 3. The summed E-state index contributed by atoms with van der Waals surface area (Å²) in [5, 5.41) is 11.0. The smallest absolute Gasteiger partial charge is 0.373 e. The number of nitrogens with zero attached hydrogens (tertiary/aromatic N) is 1. The minimum atomic E-state index is -0.813. The van der Waals surface area contributed by atoms with E-state index in [1.807, 2.05) is 36.4 Å². The molecule has 0 fully saturated rings. The predicted octanol–water partition coefficient (Wildman–Crippen LogP) is 7.27. The third-order valence-electron chi connectivity index (χ3n) is 6.41. The molecule has 0 amide bonds. The van der Waals surface area contributed by atoms with Crippen molar-refractivity contribution in [1.29, 1.82) is 0 Å². The predicted molar refractivity (Wildman–Crippen MR) is 155 cm³/mol. The number of fused-ring (bicyclic) bond motifs is 1. The lowest BCUT2D eigenvalue weighted by atomic mass is 9.97. The van der Waals surface area contributed by atoms with Crippen molar-refractivity contribution >= 4 is 46.2 Å². The molecule has 4 aromatic rings. The molecular formula is C31H30ClNO5S. The second kappa shape index (κ2) is 14.1. The molecule has 1 atom stereocenters. The molecule has 6 nitrogen and oxygen atoms in total. The maximum Gasteiger partial charge on any atom is 0.373 e. The first kappa shape index (κ1) is 28.6. The van der Waals surface area contributed by atoms with Crippen LogP contribution in [-0.4, -0.2) is 34.9 Å². The zero-order valence-corrected chi connectivity index (χ0v) is 23.2. The molecule has 0 aliphatic rings. The lowest BCUT2D eigenvalue weighted by Gasteiger charge is -2.19. The van der Waals surface area contributed by atoms with Gasteiger partial charge in [-0.05, 0) is 66.6 Å². The Bertz CT molecular complexity index is 1440. The largest absolute Gasteiger partial charge is 0.481 e. The van der Waals surface area contributed by atoms with E-state index in [1.165, 1.54) is 12.7 Å². The fourth-order valence-electron chi connectivity index (χ4n) is 4.47. The zero-order chi connectivity index (χ0) is 27.6. The fraction of sp³-hybridized carbons (Fsp3) is 0.258. The number of hydrogen-bond donors (Lipinski definition) is 1. The van der Waals surface area contributed by atoms with Gasteiger partial charge in [0.05, 0.1) is 24.6 Å². The molecule has 0 radical (unpaired) electrons. The molecule has 3 aromatic carbocycles. The van der Waals surface area contributed by atoms with Crippen molar-refractivity contribution in [2.75, 3.05) is 12.9 Å². The number of rotatable bonds is 13. The van der Waals surface area contributed by atoms with Crippen LogP contribution in [0.25, 0.3) is 10.9 Å². The van der Waals surface area contributed by atoms with Crippen LogP contribution in [0, 0.1) is 0 Å². The molecule has 1 heterocycles. The number of benzene rings is 3. The Kier molecular flexibility index (Phi) is 10.4. The lowest BCUT2D eigenvalue weighted by Crippen LogP contribution is -2.09. The standard InChI is InChI=1S/C31H30ClNO5S/c1-37-38-31(36)27-8-3-2-6-22(27)12-16-29(39-18-17-30(34)35)24-7-4-5-21(19-24)9-14-26-15-11-23-10-13-25(32)20-28(23)33-26/h2-8,10-11,13,15,19-20,29H,9,12,14,16-18H2,1H3,(H,34,35).